The standard InChI is InChI=1S/C11H14/c1-4-10-8-6-7-9(3)11(10)5-2/h4-5,7H,1-2,6,8H2,3H3. The Hall–Kier alpha value is -1.04. The van der Waals surface area contributed by atoms with Gasteiger partial charge >= 0.3 is 0 Å². The van der Waals surface area contributed by atoms with Gasteiger partial charge in [0.25, 0.3) is 0 Å². The second-order valence-electron chi connectivity index (χ2n) is 2.77. The van der Waals surface area contributed by atoms with Gasteiger partial charge in [-0.05, 0) is 36.5 Å². The van der Waals surface area contributed by atoms with E-state index in [4.69, 9.17) is 0 Å². The number of hydrogen-bond acceptors (Lipinski definition) is 0. The highest BCUT2D eigenvalue weighted by atomic mass is 14.1. The van der Waals surface area contributed by atoms with Crippen LogP contribution in [0.5, 0.6) is 0 Å². The Morgan fingerprint density at radius 1 is 1.36 bits per heavy atom. The van der Waals surface area contributed by atoms with Crippen molar-refractivity contribution in [3.8, 4) is 0 Å². The highest BCUT2D eigenvalue weighted by Crippen LogP contribution is 2.25. The smallest absolute Gasteiger partial charge is 0.0204 e. The van der Waals surface area contributed by atoms with Crippen molar-refractivity contribution in [1.82, 2.24) is 0 Å². The Balaban J connectivity index is 3.07. The third kappa shape index (κ3) is 1.51. The molecule has 0 aliphatic heterocycles. The van der Waals surface area contributed by atoms with Crippen molar-refractivity contribution in [1.29, 1.82) is 0 Å². The van der Waals surface area contributed by atoms with Gasteiger partial charge in [-0.2, -0.15) is 0 Å². The zero-order chi connectivity index (χ0) is 8.27. The van der Waals surface area contributed by atoms with E-state index < -0.39 is 0 Å². The molecule has 0 bridgehead atoms. The molecule has 1 aliphatic rings. The Bertz CT molecular complexity index is 239. The van der Waals surface area contributed by atoms with Crippen LogP contribution in [-0.2, 0) is 0 Å². The van der Waals surface area contributed by atoms with Gasteiger partial charge in [-0.15, -0.1) is 0 Å². The van der Waals surface area contributed by atoms with E-state index in [-0.39, 0.29) is 0 Å². The molecular formula is C11H14. The fourth-order valence-corrected chi connectivity index (χ4v) is 1.45. The quantitative estimate of drug-likeness (QED) is 0.560. The summed E-state index contributed by atoms with van der Waals surface area (Å²) in [7, 11) is 0. The first kappa shape index (κ1) is 8.06. The summed E-state index contributed by atoms with van der Waals surface area (Å²) in [6, 6.07) is 0. The van der Waals surface area contributed by atoms with Crippen molar-refractivity contribution in [2.75, 3.05) is 0 Å². The number of allylic oxidation sites excluding steroid dienone is 6. The van der Waals surface area contributed by atoms with Crippen molar-refractivity contribution in [3.05, 3.63) is 48.1 Å². The minimum absolute atomic E-state index is 1.11. The first-order valence-electron chi connectivity index (χ1n) is 3.94. The van der Waals surface area contributed by atoms with Gasteiger partial charge in [0.05, 0.1) is 0 Å². The normalized spacial score (nSPS) is 17.7. The van der Waals surface area contributed by atoms with Gasteiger partial charge in [0.1, 0.15) is 0 Å². The molecule has 0 heteroatoms. The molecule has 0 heterocycles. The minimum Gasteiger partial charge on any atom is -0.0988 e. The third-order valence-corrected chi connectivity index (χ3v) is 2.09. The maximum absolute atomic E-state index is 3.79. The van der Waals surface area contributed by atoms with Crippen LogP contribution in [0.25, 0.3) is 0 Å². The Morgan fingerprint density at radius 2 is 2.09 bits per heavy atom. The van der Waals surface area contributed by atoms with E-state index in [0.717, 1.165) is 12.8 Å². The second-order valence-corrected chi connectivity index (χ2v) is 2.77. The summed E-state index contributed by atoms with van der Waals surface area (Å²) >= 11 is 0. The lowest BCUT2D eigenvalue weighted by Crippen LogP contribution is -1.94. The summed E-state index contributed by atoms with van der Waals surface area (Å²) in [6.07, 6.45) is 8.37. The third-order valence-electron chi connectivity index (χ3n) is 2.09. The van der Waals surface area contributed by atoms with Gasteiger partial charge in [0.2, 0.25) is 0 Å². The first-order chi connectivity index (χ1) is 5.29. The number of rotatable bonds is 2. The lowest BCUT2D eigenvalue weighted by atomic mass is 9.92. The molecule has 0 fully saturated rings. The van der Waals surface area contributed by atoms with E-state index in [0.29, 0.717) is 0 Å². The summed E-state index contributed by atoms with van der Waals surface area (Å²) in [5.41, 5.74) is 3.94. The molecule has 1 rings (SSSR count). The molecule has 0 N–H and O–H groups in total. The predicted octanol–water partition coefficient (Wildman–Crippen LogP) is 3.40. The van der Waals surface area contributed by atoms with Crippen LogP contribution in [0.4, 0.5) is 0 Å². The van der Waals surface area contributed by atoms with Crippen LogP contribution in [0.3, 0.4) is 0 Å². The van der Waals surface area contributed by atoms with E-state index in [2.05, 4.69) is 26.2 Å². The molecule has 58 valence electrons. The van der Waals surface area contributed by atoms with E-state index in [1.165, 1.54) is 16.7 Å². The maximum Gasteiger partial charge on any atom is -0.0204 e. The summed E-state index contributed by atoms with van der Waals surface area (Å²) in [5.74, 6) is 0. The minimum atomic E-state index is 1.11. The van der Waals surface area contributed by atoms with Crippen molar-refractivity contribution in [3.63, 3.8) is 0 Å². The number of hydrogen-bond donors (Lipinski definition) is 0. The molecule has 0 saturated heterocycles. The maximum atomic E-state index is 3.79. The average Bonchev–Trinajstić information content (AvgIpc) is 2.04. The Kier molecular flexibility index (Phi) is 2.48. The molecule has 0 aromatic carbocycles. The van der Waals surface area contributed by atoms with Crippen molar-refractivity contribution < 1.29 is 0 Å². The van der Waals surface area contributed by atoms with E-state index in [1.807, 2.05) is 12.2 Å². The van der Waals surface area contributed by atoms with Gasteiger partial charge in [-0.1, -0.05) is 31.4 Å². The monoisotopic (exact) mass is 146 g/mol. The van der Waals surface area contributed by atoms with Crippen LogP contribution in [0.1, 0.15) is 19.8 Å². The Morgan fingerprint density at radius 3 is 2.55 bits per heavy atom. The zero-order valence-electron chi connectivity index (χ0n) is 7.06. The van der Waals surface area contributed by atoms with Crippen LogP contribution in [0.15, 0.2) is 48.1 Å². The highest BCUT2D eigenvalue weighted by molar-refractivity contribution is 5.47. The summed E-state index contributed by atoms with van der Waals surface area (Å²) in [5, 5.41) is 0. The van der Waals surface area contributed by atoms with Crippen LogP contribution in [-0.4, -0.2) is 0 Å². The van der Waals surface area contributed by atoms with Crippen LogP contribution in [0.2, 0.25) is 0 Å². The fourth-order valence-electron chi connectivity index (χ4n) is 1.45. The van der Waals surface area contributed by atoms with Gasteiger partial charge in [0, 0.05) is 0 Å². The van der Waals surface area contributed by atoms with Gasteiger partial charge in [-0.3, -0.25) is 0 Å². The van der Waals surface area contributed by atoms with Crippen LogP contribution >= 0.6 is 0 Å². The molecular weight excluding hydrogens is 132 g/mol. The molecule has 0 atom stereocenters. The summed E-state index contributed by atoms with van der Waals surface area (Å²) in [4.78, 5) is 0. The fraction of sp³-hybridized carbons (Fsp3) is 0.273. The molecule has 0 unspecified atom stereocenters. The molecule has 0 saturated carbocycles. The zero-order valence-corrected chi connectivity index (χ0v) is 7.06. The van der Waals surface area contributed by atoms with E-state index in [9.17, 15) is 0 Å². The molecule has 0 nitrogen and oxygen atoms in total. The first-order valence-corrected chi connectivity index (χ1v) is 3.94. The lowest BCUT2D eigenvalue weighted by molar-refractivity contribution is 0.958. The van der Waals surface area contributed by atoms with Crippen molar-refractivity contribution in [2.45, 2.75) is 19.8 Å². The molecule has 1 aliphatic carbocycles. The van der Waals surface area contributed by atoms with E-state index >= 15 is 0 Å². The van der Waals surface area contributed by atoms with Gasteiger partial charge < -0.3 is 0 Å². The molecule has 0 radical (unpaired) electrons. The summed E-state index contributed by atoms with van der Waals surface area (Å²) < 4.78 is 0. The average molecular weight is 146 g/mol. The van der Waals surface area contributed by atoms with Crippen LogP contribution in [0, 0.1) is 0 Å². The topological polar surface area (TPSA) is 0 Å². The predicted molar refractivity (Wildman–Crippen MR) is 50.4 cm³/mol. The van der Waals surface area contributed by atoms with Crippen molar-refractivity contribution >= 4 is 0 Å². The van der Waals surface area contributed by atoms with Gasteiger partial charge in [0.15, 0.2) is 0 Å². The summed E-state index contributed by atoms with van der Waals surface area (Å²) in [6.45, 7) is 9.70. The molecule has 0 amide bonds. The molecule has 0 aromatic rings. The van der Waals surface area contributed by atoms with Crippen LogP contribution < -0.4 is 0 Å². The van der Waals surface area contributed by atoms with Crippen molar-refractivity contribution in [2.24, 2.45) is 0 Å². The van der Waals surface area contributed by atoms with E-state index in [1.54, 1.807) is 0 Å². The highest BCUT2D eigenvalue weighted by Gasteiger charge is 2.06. The lowest BCUT2D eigenvalue weighted by Gasteiger charge is -2.13. The SMILES string of the molecule is C=CC1=C(C=C)C(C)=CCC1. The molecule has 0 spiro atoms. The largest absolute Gasteiger partial charge is 0.0988 e. The second kappa shape index (κ2) is 3.38. The Labute approximate surface area is 68.6 Å². The molecule has 11 heavy (non-hydrogen) atoms. The van der Waals surface area contributed by atoms with Gasteiger partial charge in [-0.25, -0.2) is 0 Å². The molecule has 0 aromatic heterocycles.